The second-order valence-corrected chi connectivity index (χ2v) is 5.05. The van der Waals surface area contributed by atoms with Crippen LogP contribution in [0.3, 0.4) is 0 Å². The zero-order valence-corrected chi connectivity index (χ0v) is 10.5. The van der Waals surface area contributed by atoms with E-state index in [-0.39, 0.29) is 0 Å². The van der Waals surface area contributed by atoms with E-state index in [0.29, 0.717) is 6.04 Å². The Bertz CT molecular complexity index is 503. The van der Waals surface area contributed by atoms with E-state index in [9.17, 15) is 0 Å². The highest BCUT2D eigenvalue weighted by molar-refractivity contribution is 9.10. The number of hydrogen-bond acceptors (Lipinski definition) is 2. The zero-order chi connectivity index (χ0) is 11.0. The van der Waals surface area contributed by atoms with Gasteiger partial charge in [-0.2, -0.15) is 5.10 Å². The van der Waals surface area contributed by atoms with Gasteiger partial charge in [0.05, 0.1) is 17.8 Å². The molecular weight excluding hydrogens is 268 g/mol. The average Bonchev–Trinajstić information content (AvgIpc) is 2.73. The first-order valence-electron chi connectivity index (χ1n) is 5.55. The molecule has 4 heteroatoms. The molecular formula is C12H13BrN2O. The molecule has 0 unspecified atom stereocenters. The van der Waals surface area contributed by atoms with Crippen molar-refractivity contribution in [1.29, 1.82) is 0 Å². The maximum Gasteiger partial charge on any atom is 0.0686 e. The minimum absolute atomic E-state index is 0.493. The van der Waals surface area contributed by atoms with E-state index in [4.69, 9.17) is 4.74 Å². The van der Waals surface area contributed by atoms with Gasteiger partial charge >= 0.3 is 0 Å². The van der Waals surface area contributed by atoms with Gasteiger partial charge in [0, 0.05) is 23.1 Å². The minimum atomic E-state index is 0.493. The first kappa shape index (κ1) is 10.3. The maximum absolute atomic E-state index is 5.38. The lowest BCUT2D eigenvalue weighted by Gasteiger charge is -2.23. The van der Waals surface area contributed by atoms with Gasteiger partial charge in [-0.05, 0) is 31.0 Å². The molecule has 1 aliphatic rings. The SMILES string of the molecule is Brc1ccc2c(cnn2C2CCOCC2)c1. The first-order valence-corrected chi connectivity index (χ1v) is 6.34. The van der Waals surface area contributed by atoms with E-state index in [0.717, 1.165) is 30.5 Å². The Hall–Kier alpha value is -0.870. The number of hydrogen-bond donors (Lipinski definition) is 0. The van der Waals surface area contributed by atoms with Crippen molar-refractivity contribution in [2.45, 2.75) is 18.9 Å². The average molecular weight is 281 g/mol. The predicted octanol–water partition coefficient (Wildman–Crippen LogP) is 3.15. The van der Waals surface area contributed by atoms with Gasteiger partial charge in [0.25, 0.3) is 0 Å². The Labute approximate surface area is 103 Å². The largest absolute Gasteiger partial charge is 0.381 e. The molecule has 0 amide bonds. The maximum atomic E-state index is 5.38. The molecule has 3 rings (SSSR count). The van der Waals surface area contributed by atoms with Crippen molar-refractivity contribution in [2.24, 2.45) is 0 Å². The van der Waals surface area contributed by atoms with Crippen molar-refractivity contribution in [1.82, 2.24) is 9.78 Å². The second kappa shape index (κ2) is 4.18. The molecule has 2 aromatic rings. The van der Waals surface area contributed by atoms with Gasteiger partial charge in [-0.25, -0.2) is 0 Å². The molecule has 1 aromatic heterocycles. The first-order chi connectivity index (χ1) is 7.84. The number of halogens is 1. The summed E-state index contributed by atoms with van der Waals surface area (Å²) in [4.78, 5) is 0. The van der Waals surface area contributed by atoms with Crippen molar-refractivity contribution in [2.75, 3.05) is 13.2 Å². The molecule has 3 nitrogen and oxygen atoms in total. The van der Waals surface area contributed by atoms with E-state index in [1.54, 1.807) is 0 Å². The summed E-state index contributed by atoms with van der Waals surface area (Å²) in [5.41, 5.74) is 1.22. The summed E-state index contributed by atoms with van der Waals surface area (Å²) in [5.74, 6) is 0. The van der Waals surface area contributed by atoms with Crippen molar-refractivity contribution >= 4 is 26.8 Å². The normalized spacial score (nSPS) is 18.1. The number of benzene rings is 1. The Balaban J connectivity index is 2.03. The molecule has 0 spiro atoms. The van der Waals surface area contributed by atoms with Crippen LogP contribution in [0.4, 0.5) is 0 Å². The van der Waals surface area contributed by atoms with Gasteiger partial charge in [-0.3, -0.25) is 4.68 Å². The van der Waals surface area contributed by atoms with Crippen molar-refractivity contribution < 1.29 is 4.74 Å². The van der Waals surface area contributed by atoms with Crippen molar-refractivity contribution in [3.63, 3.8) is 0 Å². The van der Waals surface area contributed by atoms with Gasteiger partial charge in [0.2, 0.25) is 0 Å². The number of fused-ring (bicyclic) bond motifs is 1. The van der Waals surface area contributed by atoms with Gasteiger partial charge < -0.3 is 4.74 Å². The lowest BCUT2D eigenvalue weighted by molar-refractivity contribution is 0.0675. The van der Waals surface area contributed by atoms with Crippen LogP contribution in [0.5, 0.6) is 0 Å². The molecule has 1 saturated heterocycles. The van der Waals surface area contributed by atoms with Gasteiger partial charge in [-0.15, -0.1) is 0 Å². The number of ether oxygens (including phenoxy) is 1. The fourth-order valence-corrected chi connectivity index (χ4v) is 2.62. The molecule has 2 heterocycles. The summed E-state index contributed by atoms with van der Waals surface area (Å²) in [6.07, 6.45) is 4.06. The molecule has 0 N–H and O–H groups in total. The molecule has 0 saturated carbocycles. The lowest BCUT2D eigenvalue weighted by Crippen LogP contribution is -2.20. The third-order valence-corrected chi connectivity index (χ3v) is 3.59. The highest BCUT2D eigenvalue weighted by Gasteiger charge is 2.17. The fraction of sp³-hybridized carbons (Fsp3) is 0.417. The zero-order valence-electron chi connectivity index (χ0n) is 8.90. The summed E-state index contributed by atoms with van der Waals surface area (Å²) in [7, 11) is 0. The quantitative estimate of drug-likeness (QED) is 0.803. The Morgan fingerprint density at radius 3 is 2.94 bits per heavy atom. The molecule has 84 valence electrons. The summed E-state index contributed by atoms with van der Waals surface area (Å²) < 4.78 is 8.63. The number of rotatable bonds is 1. The third-order valence-electron chi connectivity index (χ3n) is 3.09. The van der Waals surface area contributed by atoms with Crippen LogP contribution < -0.4 is 0 Å². The van der Waals surface area contributed by atoms with Crippen LogP contribution in [0, 0.1) is 0 Å². The topological polar surface area (TPSA) is 27.1 Å². The molecule has 16 heavy (non-hydrogen) atoms. The van der Waals surface area contributed by atoms with Crippen LogP contribution in [0.25, 0.3) is 10.9 Å². The third kappa shape index (κ3) is 1.76. The fourth-order valence-electron chi connectivity index (χ4n) is 2.24. The smallest absolute Gasteiger partial charge is 0.0686 e. The Morgan fingerprint density at radius 1 is 1.31 bits per heavy atom. The van der Waals surface area contributed by atoms with Crippen molar-refractivity contribution in [3.05, 3.63) is 28.9 Å². The molecule has 0 aliphatic carbocycles. The van der Waals surface area contributed by atoms with E-state index in [2.05, 4.69) is 43.9 Å². The second-order valence-electron chi connectivity index (χ2n) is 4.14. The standard InChI is InChI=1S/C12H13BrN2O/c13-10-1-2-12-9(7-10)8-14-15(12)11-3-5-16-6-4-11/h1-2,7-8,11H,3-6H2. The molecule has 0 bridgehead atoms. The van der Waals surface area contributed by atoms with Crippen LogP contribution >= 0.6 is 15.9 Å². The Morgan fingerprint density at radius 2 is 2.12 bits per heavy atom. The summed E-state index contributed by atoms with van der Waals surface area (Å²) >= 11 is 3.48. The van der Waals surface area contributed by atoms with Crippen LogP contribution in [-0.2, 0) is 4.74 Å². The molecule has 1 fully saturated rings. The summed E-state index contributed by atoms with van der Waals surface area (Å²) in [6.45, 7) is 1.70. The summed E-state index contributed by atoms with van der Waals surface area (Å²) in [6, 6.07) is 6.80. The molecule has 0 atom stereocenters. The monoisotopic (exact) mass is 280 g/mol. The van der Waals surface area contributed by atoms with E-state index in [1.165, 1.54) is 10.9 Å². The molecule has 0 radical (unpaired) electrons. The van der Waals surface area contributed by atoms with Crippen molar-refractivity contribution in [3.8, 4) is 0 Å². The van der Waals surface area contributed by atoms with Crippen LogP contribution in [-0.4, -0.2) is 23.0 Å². The van der Waals surface area contributed by atoms with Gasteiger partial charge in [0.1, 0.15) is 0 Å². The molecule has 1 aliphatic heterocycles. The number of aromatic nitrogens is 2. The highest BCUT2D eigenvalue weighted by atomic mass is 79.9. The minimum Gasteiger partial charge on any atom is -0.381 e. The Kier molecular flexibility index (Phi) is 2.69. The van der Waals surface area contributed by atoms with E-state index in [1.807, 2.05) is 6.20 Å². The van der Waals surface area contributed by atoms with Crippen LogP contribution in [0.1, 0.15) is 18.9 Å². The predicted molar refractivity (Wildman–Crippen MR) is 66.5 cm³/mol. The van der Waals surface area contributed by atoms with Crippen LogP contribution in [0.2, 0.25) is 0 Å². The van der Waals surface area contributed by atoms with Gasteiger partial charge in [0.15, 0.2) is 0 Å². The van der Waals surface area contributed by atoms with E-state index >= 15 is 0 Å². The lowest BCUT2D eigenvalue weighted by atomic mass is 10.1. The summed E-state index contributed by atoms with van der Waals surface area (Å²) in [5, 5.41) is 5.70. The number of nitrogens with zero attached hydrogens (tertiary/aromatic N) is 2. The van der Waals surface area contributed by atoms with Crippen LogP contribution in [0.15, 0.2) is 28.9 Å². The highest BCUT2D eigenvalue weighted by Crippen LogP contribution is 2.26. The molecule has 1 aromatic carbocycles. The van der Waals surface area contributed by atoms with Gasteiger partial charge in [-0.1, -0.05) is 15.9 Å². The van der Waals surface area contributed by atoms with E-state index < -0.39 is 0 Å².